The standard InChI is InChI=1S/C12H11ClN2OS/c13-10-2-1-9(5-14)11(4-10)15-6-8(7-17)3-12(15)16/h1-2,4,8,17H,3,6-7H2. The van der Waals surface area contributed by atoms with E-state index in [1.165, 1.54) is 0 Å². The summed E-state index contributed by atoms with van der Waals surface area (Å²) >= 11 is 10.1. The molecule has 1 unspecified atom stereocenters. The molecule has 1 aromatic rings. The van der Waals surface area contributed by atoms with Crippen molar-refractivity contribution < 1.29 is 4.79 Å². The summed E-state index contributed by atoms with van der Waals surface area (Å²) in [6.07, 6.45) is 0.487. The van der Waals surface area contributed by atoms with Crippen molar-refractivity contribution in [2.24, 2.45) is 5.92 Å². The molecule has 0 N–H and O–H groups in total. The number of hydrogen-bond donors (Lipinski definition) is 1. The van der Waals surface area contributed by atoms with Gasteiger partial charge < -0.3 is 4.90 Å². The quantitative estimate of drug-likeness (QED) is 0.836. The molecular formula is C12H11ClN2OS. The lowest BCUT2D eigenvalue weighted by Gasteiger charge is -2.18. The van der Waals surface area contributed by atoms with Gasteiger partial charge in [-0.25, -0.2) is 0 Å². The minimum absolute atomic E-state index is 0.0304. The summed E-state index contributed by atoms with van der Waals surface area (Å²) in [6.45, 7) is 0.608. The summed E-state index contributed by atoms with van der Waals surface area (Å²) < 4.78 is 0. The molecule has 0 aliphatic carbocycles. The van der Waals surface area contributed by atoms with Gasteiger partial charge in [-0.1, -0.05) is 11.6 Å². The number of halogens is 1. The predicted molar refractivity (Wildman–Crippen MR) is 70.5 cm³/mol. The number of carbonyl (C=O) groups excluding carboxylic acids is 1. The van der Waals surface area contributed by atoms with E-state index >= 15 is 0 Å². The maximum Gasteiger partial charge on any atom is 0.227 e. The van der Waals surface area contributed by atoms with Crippen LogP contribution in [-0.4, -0.2) is 18.2 Å². The lowest BCUT2D eigenvalue weighted by Crippen LogP contribution is -2.25. The lowest BCUT2D eigenvalue weighted by molar-refractivity contribution is -0.117. The van der Waals surface area contributed by atoms with Gasteiger partial charge in [-0.3, -0.25) is 4.79 Å². The van der Waals surface area contributed by atoms with Gasteiger partial charge in [-0.05, 0) is 29.9 Å². The van der Waals surface area contributed by atoms with Crippen LogP contribution in [0.15, 0.2) is 18.2 Å². The highest BCUT2D eigenvalue weighted by molar-refractivity contribution is 7.80. The maximum absolute atomic E-state index is 11.9. The van der Waals surface area contributed by atoms with Crippen LogP contribution in [0.2, 0.25) is 5.02 Å². The summed E-state index contributed by atoms with van der Waals surface area (Å²) in [6, 6.07) is 7.04. The fraction of sp³-hybridized carbons (Fsp3) is 0.333. The smallest absolute Gasteiger partial charge is 0.227 e. The van der Waals surface area contributed by atoms with E-state index in [-0.39, 0.29) is 11.8 Å². The van der Waals surface area contributed by atoms with Gasteiger partial charge in [-0.2, -0.15) is 17.9 Å². The Morgan fingerprint density at radius 1 is 1.59 bits per heavy atom. The first-order valence-electron chi connectivity index (χ1n) is 5.26. The average molecular weight is 267 g/mol. The van der Waals surface area contributed by atoms with Crippen molar-refractivity contribution >= 4 is 35.8 Å². The summed E-state index contributed by atoms with van der Waals surface area (Å²) in [7, 11) is 0. The number of amides is 1. The third-order valence-electron chi connectivity index (χ3n) is 2.83. The largest absolute Gasteiger partial charge is 0.311 e. The Morgan fingerprint density at radius 3 is 2.94 bits per heavy atom. The Bertz CT molecular complexity index is 498. The first-order valence-corrected chi connectivity index (χ1v) is 6.27. The molecule has 1 atom stereocenters. The molecule has 2 rings (SSSR count). The van der Waals surface area contributed by atoms with E-state index in [2.05, 4.69) is 18.7 Å². The van der Waals surface area contributed by atoms with E-state index in [0.29, 0.717) is 35.0 Å². The van der Waals surface area contributed by atoms with Gasteiger partial charge in [0.2, 0.25) is 5.91 Å². The first-order chi connectivity index (χ1) is 8.15. The molecule has 0 spiro atoms. The minimum Gasteiger partial charge on any atom is -0.311 e. The third-order valence-corrected chi connectivity index (χ3v) is 3.59. The summed E-state index contributed by atoms with van der Waals surface area (Å²) in [4.78, 5) is 13.5. The zero-order valence-corrected chi connectivity index (χ0v) is 10.7. The second-order valence-corrected chi connectivity index (χ2v) is 4.83. The Kier molecular flexibility index (Phi) is 3.60. The highest BCUT2D eigenvalue weighted by Gasteiger charge is 2.31. The van der Waals surface area contributed by atoms with Crippen molar-refractivity contribution in [2.75, 3.05) is 17.2 Å². The number of hydrogen-bond acceptors (Lipinski definition) is 3. The molecule has 88 valence electrons. The maximum atomic E-state index is 11.9. The fourth-order valence-electron chi connectivity index (χ4n) is 1.96. The van der Waals surface area contributed by atoms with Crippen LogP contribution in [0.3, 0.4) is 0 Å². The highest BCUT2D eigenvalue weighted by Crippen LogP contribution is 2.30. The van der Waals surface area contributed by atoms with Gasteiger partial charge in [0, 0.05) is 18.0 Å². The zero-order chi connectivity index (χ0) is 12.4. The van der Waals surface area contributed by atoms with Crippen LogP contribution in [-0.2, 0) is 4.79 Å². The van der Waals surface area contributed by atoms with Crippen molar-refractivity contribution in [3.8, 4) is 6.07 Å². The average Bonchev–Trinajstić information content (AvgIpc) is 2.70. The number of thiol groups is 1. The molecular weight excluding hydrogens is 256 g/mol. The van der Waals surface area contributed by atoms with Crippen molar-refractivity contribution in [1.29, 1.82) is 5.26 Å². The molecule has 1 fully saturated rings. The van der Waals surface area contributed by atoms with Crippen molar-refractivity contribution in [1.82, 2.24) is 0 Å². The van der Waals surface area contributed by atoms with Gasteiger partial charge in [0.25, 0.3) is 0 Å². The Balaban J connectivity index is 2.37. The first kappa shape index (κ1) is 12.3. The molecule has 1 heterocycles. The van der Waals surface area contributed by atoms with Crippen LogP contribution in [0.25, 0.3) is 0 Å². The number of rotatable bonds is 2. The molecule has 0 aromatic heterocycles. The van der Waals surface area contributed by atoms with E-state index in [4.69, 9.17) is 16.9 Å². The molecule has 1 aromatic carbocycles. The molecule has 3 nitrogen and oxygen atoms in total. The second kappa shape index (κ2) is 4.99. The SMILES string of the molecule is N#Cc1ccc(Cl)cc1N1CC(CS)CC1=O. The van der Waals surface area contributed by atoms with Gasteiger partial charge in [0.15, 0.2) is 0 Å². The number of nitrogens with zero attached hydrogens (tertiary/aromatic N) is 2. The molecule has 0 bridgehead atoms. The summed E-state index contributed by atoms with van der Waals surface area (Å²) in [5, 5.41) is 9.56. The summed E-state index contributed by atoms with van der Waals surface area (Å²) in [5.74, 6) is 0.948. The van der Waals surface area contributed by atoms with Crippen molar-refractivity contribution in [3.05, 3.63) is 28.8 Å². The monoisotopic (exact) mass is 266 g/mol. The van der Waals surface area contributed by atoms with Gasteiger partial charge >= 0.3 is 0 Å². The van der Waals surface area contributed by atoms with E-state index in [0.717, 1.165) is 0 Å². The van der Waals surface area contributed by atoms with Crippen LogP contribution < -0.4 is 4.90 Å². The van der Waals surface area contributed by atoms with Crippen molar-refractivity contribution in [2.45, 2.75) is 6.42 Å². The topological polar surface area (TPSA) is 44.1 Å². The summed E-state index contributed by atoms with van der Waals surface area (Å²) in [5.41, 5.74) is 1.08. The van der Waals surface area contributed by atoms with Crippen LogP contribution in [0.1, 0.15) is 12.0 Å². The second-order valence-electron chi connectivity index (χ2n) is 4.03. The predicted octanol–water partition coefficient (Wildman–Crippen LogP) is 2.49. The molecule has 1 amide bonds. The number of carbonyl (C=O) groups is 1. The Labute approximate surface area is 110 Å². The Morgan fingerprint density at radius 2 is 2.35 bits per heavy atom. The molecule has 17 heavy (non-hydrogen) atoms. The minimum atomic E-state index is 0.0304. The van der Waals surface area contributed by atoms with Crippen LogP contribution in [0.5, 0.6) is 0 Å². The highest BCUT2D eigenvalue weighted by atomic mass is 35.5. The van der Waals surface area contributed by atoms with Gasteiger partial charge in [0.1, 0.15) is 6.07 Å². The van der Waals surface area contributed by atoms with Crippen LogP contribution in [0, 0.1) is 17.2 Å². The Hall–Kier alpha value is -1.18. The number of anilines is 1. The van der Waals surface area contributed by atoms with Crippen LogP contribution >= 0.6 is 24.2 Å². The molecule has 1 aliphatic heterocycles. The molecule has 1 aliphatic rings. The van der Waals surface area contributed by atoms with E-state index in [9.17, 15) is 4.79 Å². The lowest BCUT2D eigenvalue weighted by atomic mass is 10.1. The normalized spacial score (nSPS) is 19.5. The van der Waals surface area contributed by atoms with E-state index < -0.39 is 0 Å². The van der Waals surface area contributed by atoms with E-state index in [1.807, 2.05) is 0 Å². The third kappa shape index (κ3) is 2.41. The zero-order valence-electron chi connectivity index (χ0n) is 9.06. The van der Waals surface area contributed by atoms with Gasteiger partial charge in [-0.15, -0.1) is 0 Å². The van der Waals surface area contributed by atoms with Crippen LogP contribution in [0.4, 0.5) is 5.69 Å². The molecule has 0 radical (unpaired) electrons. The molecule has 0 saturated carbocycles. The van der Waals surface area contributed by atoms with E-state index in [1.54, 1.807) is 23.1 Å². The molecule has 5 heteroatoms. The number of nitriles is 1. The molecule has 1 saturated heterocycles. The van der Waals surface area contributed by atoms with Gasteiger partial charge in [0.05, 0.1) is 11.3 Å². The number of benzene rings is 1. The fourth-order valence-corrected chi connectivity index (χ4v) is 2.37. The van der Waals surface area contributed by atoms with Crippen molar-refractivity contribution in [3.63, 3.8) is 0 Å².